The molecule has 1 saturated heterocycles. The van der Waals surface area contributed by atoms with Crippen molar-refractivity contribution in [2.24, 2.45) is 5.92 Å². The van der Waals surface area contributed by atoms with E-state index in [1.54, 1.807) is 18.2 Å². The molecule has 1 aromatic carbocycles. The van der Waals surface area contributed by atoms with Gasteiger partial charge in [-0.2, -0.15) is 0 Å². The lowest BCUT2D eigenvalue weighted by Crippen LogP contribution is -2.43. The molecule has 2 N–H and O–H groups in total. The Labute approximate surface area is 176 Å². The number of nitrogens with one attached hydrogen (secondary N) is 2. The molecule has 0 aromatic heterocycles. The highest BCUT2D eigenvalue weighted by atomic mass is 35.5. The topological polar surface area (TPSA) is 70.7 Å². The number of likely N-dealkylation sites (tertiary alicyclic amines) is 1. The predicted octanol–water partition coefficient (Wildman–Crippen LogP) is 3.58. The number of anilines is 1. The van der Waals surface area contributed by atoms with E-state index in [1.807, 2.05) is 18.7 Å². The van der Waals surface area contributed by atoms with Crippen molar-refractivity contribution < 1.29 is 14.3 Å². The monoisotopic (exact) mass is 429 g/mol. The Morgan fingerprint density at radius 1 is 1.25 bits per heavy atom. The van der Waals surface area contributed by atoms with E-state index in [0.717, 1.165) is 19.3 Å². The first-order chi connectivity index (χ1) is 13.3. The van der Waals surface area contributed by atoms with Crippen molar-refractivity contribution in [1.82, 2.24) is 10.2 Å². The van der Waals surface area contributed by atoms with E-state index in [-0.39, 0.29) is 30.4 Å². The average molecular weight is 430 g/mol. The van der Waals surface area contributed by atoms with Gasteiger partial charge in [0.15, 0.2) is 0 Å². The highest BCUT2D eigenvalue weighted by Gasteiger charge is 2.25. The van der Waals surface area contributed by atoms with E-state index in [0.29, 0.717) is 42.0 Å². The van der Waals surface area contributed by atoms with Crippen molar-refractivity contribution in [3.63, 3.8) is 0 Å². The van der Waals surface area contributed by atoms with Crippen LogP contribution in [0.4, 0.5) is 5.69 Å². The molecule has 0 radical (unpaired) electrons. The molecular formula is C20H29Cl2N3O3. The number of amides is 2. The van der Waals surface area contributed by atoms with Gasteiger partial charge in [-0.1, -0.05) is 23.2 Å². The molecule has 0 aliphatic carbocycles. The molecular weight excluding hydrogens is 401 g/mol. The first-order valence-corrected chi connectivity index (χ1v) is 10.5. The highest BCUT2D eigenvalue weighted by Crippen LogP contribution is 2.25. The second-order valence-electron chi connectivity index (χ2n) is 7.29. The SMILES string of the molecule is CC(C)OCCCNC(=O)C1CCN(CC(=O)Nc2cc(Cl)ccc2Cl)CC1. The third-order valence-electron chi connectivity index (χ3n) is 4.60. The number of carbonyl (C=O) groups excluding carboxylic acids is 2. The Bertz CT molecular complexity index is 662. The number of halogens is 2. The lowest BCUT2D eigenvalue weighted by molar-refractivity contribution is -0.126. The van der Waals surface area contributed by atoms with Crippen molar-refractivity contribution in [2.75, 3.05) is 38.1 Å². The summed E-state index contributed by atoms with van der Waals surface area (Å²) >= 11 is 12.0. The summed E-state index contributed by atoms with van der Waals surface area (Å²) < 4.78 is 5.47. The summed E-state index contributed by atoms with van der Waals surface area (Å²) in [6.07, 6.45) is 2.53. The van der Waals surface area contributed by atoms with E-state index in [1.165, 1.54) is 0 Å². The van der Waals surface area contributed by atoms with Crippen LogP contribution in [0.1, 0.15) is 33.1 Å². The van der Waals surface area contributed by atoms with Gasteiger partial charge < -0.3 is 15.4 Å². The summed E-state index contributed by atoms with van der Waals surface area (Å²) in [5, 5.41) is 6.74. The van der Waals surface area contributed by atoms with E-state index in [9.17, 15) is 9.59 Å². The minimum atomic E-state index is -0.141. The van der Waals surface area contributed by atoms with Crippen LogP contribution in [0.5, 0.6) is 0 Å². The maximum atomic E-state index is 12.3. The van der Waals surface area contributed by atoms with Crippen LogP contribution in [0, 0.1) is 5.92 Å². The standard InChI is InChI=1S/C20H29Cl2N3O3/c1-14(2)28-11-3-8-23-20(27)15-6-9-25(10-7-15)13-19(26)24-18-12-16(21)4-5-17(18)22/h4-5,12,14-15H,3,6-11,13H2,1-2H3,(H,23,27)(H,24,26). The van der Waals surface area contributed by atoms with Gasteiger partial charge in [0.05, 0.1) is 23.4 Å². The molecule has 0 unspecified atom stereocenters. The van der Waals surface area contributed by atoms with Gasteiger partial charge in [-0.25, -0.2) is 0 Å². The van der Waals surface area contributed by atoms with Gasteiger partial charge in [-0.15, -0.1) is 0 Å². The third-order valence-corrected chi connectivity index (χ3v) is 5.16. The summed E-state index contributed by atoms with van der Waals surface area (Å²) in [6, 6.07) is 4.95. The zero-order valence-corrected chi connectivity index (χ0v) is 18.0. The average Bonchev–Trinajstić information content (AvgIpc) is 2.64. The molecule has 28 heavy (non-hydrogen) atoms. The van der Waals surface area contributed by atoms with Crippen LogP contribution in [0.2, 0.25) is 10.0 Å². The molecule has 1 aromatic rings. The predicted molar refractivity (Wildman–Crippen MR) is 113 cm³/mol. The van der Waals surface area contributed by atoms with Gasteiger partial charge in [0.2, 0.25) is 11.8 Å². The number of hydrogen-bond acceptors (Lipinski definition) is 4. The smallest absolute Gasteiger partial charge is 0.238 e. The fourth-order valence-corrected chi connectivity index (χ4v) is 3.42. The molecule has 1 fully saturated rings. The van der Waals surface area contributed by atoms with Crippen molar-refractivity contribution >= 4 is 40.7 Å². The van der Waals surface area contributed by atoms with Crippen LogP contribution >= 0.6 is 23.2 Å². The Morgan fingerprint density at radius 2 is 1.96 bits per heavy atom. The normalized spacial score (nSPS) is 15.6. The molecule has 0 atom stereocenters. The van der Waals surface area contributed by atoms with Crippen LogP contribution in [0.25, 0.3) is 0 Å². The van der Waals surface area contributed by atoms with Crippen molar-refractivity contribution in [3.8, 4) is 0 Å². The Morgan fingerprint density at radius 3 is 2.64 bits per heavy atom. The van der Waals surface area contributed by atoms with E-state index < -0.39 is 0 Å². The molecule has 1 heterocycles. The van der Waals surface area contributed by atoms with Crippen molar-refractivity contribution in [2.45, 2.75) is 39.2 Å². The molecule has 0 saturated carbocycles. The number of piperidine rings is 1. The van der Waals surface area contributed by atoms with Crippen LogP contribution in [-0.4, -0.2) is 55.6 Å². The van der Waals surface area contributed by atoms with Crippen LogP contribution in [0.15, 0.2) is 18.2 Å². The minimum Gasteiger partial charge on any atom is -0.379 e. The number of hydrogen-bond donors (Lipinski definition) is 2. The molecule has 156 valence electrons. The van der Waals surface area contributed by atoms with E-state index >= 15 is 0 Å². The number of carbonyl (C=O) groups is 2. The maximum Gasteiger partial charge on any atom is 0.238 e. The number of nitrogens with zero attached hydrogens (tertiary/aromatic N) is 1. The first-order valence-electron chi connectivity index (χ1n) is 9.71. The van der Waals surface area contributed by atoms with E-state index in [2.05, 4.69) is 10.6 Å². The first kappa shape index (κ1) is 22.9. The van der Waals surface area contributed by atoms with Crippen molar-refractivity contribution in [3.05, 3.63) is 28.2 Å². The quantitative estimate of drug-likeness (QED) is 0.588. The van der Waals surface area contributed by atoms with E-state index in [4.69, 9.17) is 27.9 Å². The highest BCUT2D eigenvalue weighted by molar-refractivity contribution is 6.35. The zero-order chi connectivity index (χ0) is 20.5. The minimum absolute atomic E-state index is 0.00713. The van der Waals surface area contributed by atoms with Gasteiger partial charge in [0, 0.05) is 24.1 Å². The lowest BCUT2D eigenvalue weighted by atomic mass is 9.96. The summed E-state index contributed by atoms with van der Waals surface area (Å²) in [5.41, 5.74) is 0.509. The Hall–Kier alpha value is -1.34. The van der Waals surface area contributed by atoms with Gasteiger partial charge in [-0.3, -0.25) is 14.5 Å². The second kappa shape index (κ2) is 11.6. The molecule has 6 nitrogen and oxygen atoms in total. The largest absolute Gasteiger partial charge is 0.379 e. The van der Waals surface area contributed by atoms with Gasteiger partial charge in [0.1, 0.15) is 0 Å². The zero-order valence-electron chi connectivity index (χ0n) is 16.5. The number of rotatable bonds is 9. The lowest BCUT2D eigenvalue weighted by Gasteiger charge is -2.30. The fraction of sp³-hybridized carbons (Fsp3) is 0.600. The third kappa shape index (κ3) is 7.95. The molecule has 1 aliphatic heterocycles. The van der Waals surface area contributed by atoms with Crippen LogP contribution < -0.4 is 10.6 Å². The number of benzene rings is 1. The number of ether oxygens (including phenoxy) is 1. The second-order valence-corrected chi connectivity index (χ2v) is 8.13. The maximum absolute atomic E-state index is 12.3. The van der Waals surface area contributed by atoms with Gasteiger partial charge in [0.25, 0.3) is 0 Å². The molecule has 0 bridgehead atoms. The Balaban J connectivity index is 1.66. The molecule has 2 rings (SSSR count). The van der Waals surface area contributed by atoms with Gasteiger partial charge >= 0.3 is 0 Å². The summed E-state index contributed by atoms with van der Waals surface area (Å²) in [5.74, 6) is -0.0377. The Kier molecular flexibility index (Phi) is 9.51. The van der Waals surface area contributed by atoms with Crippen LogP contribution in [0.3, 0.4) is 0 Å². The summed E-state index contributed by atoms with van der Waals surface area (Å²) in [7, 11) is 0. The fourth-order valence-electron chi connectivity index (χ4n) is 3.09. The van der Waals surface area contributed by atoms with Gasteiger partial charge in [-0.05, 0) is 64.4 Å². The molecule has 0 spiro atoms. The summed E-state index contributed by atoms with van der Waals surface area (Å²) in [6.45, 7) is 6.98. The van der Waals surface area contributed by atoms with Crippen LogP contribution in [-0.2, 0) is 14.3 Å². The van der Waals surface area contributed by atoms with Crippen molar-refractivity contribution in [1.29, 1.82) is 0 Å². The molecule has 1 aliphatic rings. The molecule has 8 heteroatoms. The summed E-state index contributed by atoms with van der Waals surface area (Å²) in [4.78, 5) is 26.6. The molecule has 2 amide bonds.